The molecular weight excluding hydrogens is 442 g/mol. The second-order valence-electron chi connectivity index (χ2n) is 7.73. The summed E-state index contributed by atoms with van der Waals surface area (Å²) < 4.78 is 18.6. The molecule has 0 bridgehead atoms. The van der Waals surface area contributed by atoms with E-state index in [9.17, 15) is 4.79 Å². The minimum atomic E-state index is -0.377. The zero-order valence-corrected chi connectivity index (χ0v) is 19.1. The zero-order valence-electron chi connectivity index (χ0n) is 18.3. The monoisotopic (exact) mass is 465 g/mol. The van der Waals surface area contributed by atoms with Crippen molar-refractivity contribution in [2.24, 2.45) is 0 Å². The molecule has 33 heavy (non-hydrogen) atoms. The van der Waals surface area contributed by atoms with Crippen LogP contribution in [0.3, 0.4) is 0 Å². The summed E-state index contributed by atoms with van der Waals surface area (Å²) in [6.07, 6.45) is 3.20. The van der Waals surface area contributed by atoms with Crippen LogP contribution in [-0.4, -0.2) is 15.7 Å². The third kappa shape index (κ3) is 6.17. The largest absolute Gasteiger partial charge is 0.486 e. The van der Waals surface area contributed by atoms with E-state index in [0.717, 1.165) is 5.75 Å². The molecule has 0 aliphatic heterocycles. The van der Waals surface area contributed by atoms with Crippen LogP contribution >= 0.6 is 11.6 Å². The number of anilines is 1. The fourth-order valence-corrected chi connectivity index (χ4v) is 3.25. The lowest BCUT2D eigenvalue weighted by molar-refractivity contribution is 0.0992. The summed E-state index contributed by atoms with van der Waals surface area (Å²) >= 11 is 5.95. The molecular formula is C25H24ClN3O4. The van der Waals surface area contributed by atoms with E-state index in [-0.39, 0.29) is 25.0 Å². The highest BCUT2D eigenvalue weighted by molar-refractivity contribution is 6.30. The Morgan fingerprint density at radius 3 is 2.67 bits per heavy atom. The lowest BCUT2D eigenvalue weighted by Gasteiger charge is -2.08. The molecule has 0 saturated heterocycles. The van der Waals surface area contributed by atoms with Crippen molar-refractivity contribution in [1.29, 1.82) is 0 Å². The van der Waals surface area contributed by atoms with E-state index < -0.39 is 0 Å². The number of ether oxygens (including phenoxy) is 2. The van der Waals surface area contributed by atoms with Gasteiger partial charge in [-0.3, -0.25) is 4.79 Å². The van der Waals surface area contributed by atoms with Crippen LogP contribution in [0.2, 0.25) is 5.02 Å². The van der Waals surface area contributed by atoms with Crippen LogP contribution in [0.25, 0.3) is 0 Å². The number of benzene rings is 2. The molecule has 0 spiro atoms. The number of nitrogens with one attached hydrogen (secondary N) is 1. The number of hydrogen-bond acceptors (Lipinski definition) is 5. The lowest BCUT2D eigenvalue weighted by Crippen LogP contribution is -2.10. The number of furan rings is 1. The van der Waals surface area contributed by atoms with Gasteiger partial charge in [0.05, 0.1) is 18.1 Å². The molecule has 4 rings (SSSR count). The molecule has 0 saturated carbocycles. The number of nitrogens with zero attached hydrogens (tertiary/aromatic N) is 2. The van der Waals surface area contributed by atoms with Crippen molar-refractivity contribution in [1.82, 2.24) is 9.78 Å². The van der Waals surface area contributed by atoms with Crippen molar-refractivity contribution < 1.29 is 18.7 Å². The first-order valence-corrected chi connectivity index (χ1v) is 10.9. The number of aromatic nitrogens is 2. The van der Waals surface area contributed by atoms with Gasteiger partial charge in [-0.1, -0.05) is 43.6 Å². The highest BCUT2D eigenvalue weighted by Crippen LogP contribution is 2.21. The normalized spacial score (nSPS) is 10.9. The summed E-state index contributed by atoms with van der Waals surface area (Å²) in [7, 11) is 0. The van der Waals surface area contributed by atoms with Gasteiger partial charge in [0.25, 0.3) is 5.91 Å². The predicted octanol–water partition coefficient (Wildman–Crippen LogP) is 6.12. The summed E-state index contributed by atoms with van der Waals surface area (Å²) in [4.78, 5) is 12.5. The number of carbonyl (C=O) groups is 1. The van der Waals surface area contributed by atoms with Crippen LogP contribution in [0.1, 0.15) is 41.6 Å². The molecule has 2 heterocycles. The minimum Gasteiger partial charge on any atom is -0.486 e. The maximum atomic E-state index is 12.5. The molecule has 0 unspecified atom stereocenters. The van der Waals surface area contributed by atoms with E-state index >= 15 is 0 Å². The minimum absolute atomic E-state index is 0.177. The summed E-state index contributed by atoms with van der Waals surface area (Å²) in [5.74, 6) is 2.20. The van der Waals surface area contributed by atoms with Crippen LogP contribution in [0.4, 0.5) is 5.69 Å². The average molecular weight is 466 g/mol. The van der Waals surface area contributed by atoms with Crippen LogP contribution in [0.15, 0.2) is 77.5 Å². The Hall–Kier alpha value is -3.71. The summed E-state index contributed by atoms with van der Waals surface area (Å²) in [6, 6.07) is 18.4. The molecule has 7 nitrogen and oxygen atoms in total. The number of carbonyl (C=O) groups excluding carboxylic acids is 1. The molecule has 8 heteroatoms. The average Bonchev–Trinajstić information content (AvgIpc) is 3.46. The molecule has 0 radical (unpaired) electrons. The van der Waals surface area contributed by atoms with Gasteiger partial charge in [0.2, 0.25) is 0 Å². The van der Waals surface area contributed by atoms with Crippen molar-refractivity contribution >= 4 is 23.2 Å². The molecule has 4 aromatic rings. The molecule has 1 N–H and O–H groups in total. The van der Waals surface area contributed by atoms with Gasteiger partial charge < -0.3 is 19.2 Å². The van der Waals surface area contributed by atoms with Gasteiger partial charge in [-0.2, -0.15) is 5.10 Å². The first kappa shape index (κ1) is 22.5. The quantitative estimate of drug-likeness (QED) is 0.322. The Balaban J connectivity index is 1.28. The predicted molar refractivity (Wildman–Crippen MR) is 126 cm³/mol. The van der Waals surface area contributed by atoms with Gasteiger partial charge in [-0.15, -0.1) is 0 Å². The molecule has 0 fully saturated rings. The molecule has 2 aromatic heterocycles. The Morgan fingerprint density at radius 2 is 1.91 bits per heavy atom. The number of rotatable bonds is 9. The van der Waals surface area contributed by atoms with Crippen molar-refractivity contribution in [3.63, 3.8) is 0 Å². The van der Waals surface area contributed by atoms with E-state index in [2.05, 4.69) is 24.3 Å². The summed E-state index contributed by atoms with van der Waals surface area (Å²) in [6.45, 7) is 4.69. The van der Waals surface area contributed by atoms with Crippen molar-refractivity contribution in [3.8, 4) is 11.5 Å². The SMILES string of the molecule is CC(C)c1ccc(OCc2ccc(C(=O)Nc3cnn(COc4cccc(Cl)c4)c3)o2)cc1. The van der Waals surface area contributed by atoms with E-state index in [4.69, 9.17) is 25.5 Å². The van der Waals surface area contributed by atoms with Gasteiger partial charge in [0, 0.05) is 5.02 Å². The second kappa shape index (κ2) is 10.3. The number of halogens is 1. The Kier molecular flexibility index (Phi) is 7.00. The van der Waals surface area contributed by atoms with Crippen LogP contribution in [0, 0.1) is 0 Å². The smallest absolute Gasteiger partial charge is 0.291 e. The molecule has 0 atom stereocenters. The van der Waals surface area contributed by atoms with Gasteiger partial charge in [0.1, 0.15) is 23.9 Å². The first-order chi connectivity index (χ1) is 16.0. The van der Waals surface area contributed by atoms with E-state index in [1.165, 1.54) is 11.8 Å². The number of amides is 1. The molecule has 0 aliphatic carbocycles. The summed E-state index contributed by atoms with van der Waals surface area (Å²) in [5.41, 5.74) is 1.77. The third-order valence-corrected chi connectivity index (χ3v) is 5.10. The van der Waals surface area contributed by atoms with Crippen molar-refractivity contribution in [2.75, 3.05) is 5.32 Å². The molecule has 170 valence electrons. The van der Waals surface area contributed by atoms with Gasteiger partial charge >= 0.3 is 0 Å². The molecule has 1 amide bonds. The second-order valence-corrected chi connectivity index (χ2v) is 8.17. The van der Waals surface area contributed by atoms with Crippen molar-refractivity contribution in [3.05, 3.63) is 95.2 Å². The Morgan fingerprint density at radius 1 is 1.09 bits per heavy atom. The Labute approximate surface area is 196 Å². The molecule has 0 aliphatic rings. The van der Waals surface area contributed by atoms with Gasteiger partial charge in [-0.05, 0) is 53.9 Å². The maximum Gasteiger partial charge on any atom is 0.291 e. The van der Waals surface area contributed by atoms with E-state index in [0.29, 0.717) is 28.1 Å². The van der Waals surface area contributed by atoms with Gasteiger partial charge in [0.15, 0.2) is 12.5 Å². The van der Waals surface area contributed by atoms with Crippen molar-refractivity contribution in [2.45, 2.75) is 33.1 Å². The topological polar surface area (TPSA) is 78.5 Å². The van der Waals surface area contributed by atoms with Gasteiger partial charge in [-0.25, -0.2) is 4.68 Å². The standard InChI is InChI=1S/C25H24ClN3O4/c1-17(2)18-6-8-21(9-7-18)31-15-23-10-11-24(33-23)25(30)28-20-13-27-29(14-20)16-32-22-5-3-4-19(26)12-22/h3-14,17H,15-16H2,1-2H3,(H,28,30). The molecule has 2 aromatic carbocycles. The highest BCUT2D eigenvalue weighted by atomic mass is 35.5. The number of hydrogen-bond donors (Lipinski definition) is 1. The van der Waals surface area contributed by atoms with E-state index in [1.54, 1.807) is 47.3 Å². The van der Waals surface area contributed by atoms with Crippen LogP contribution < -0.4 is 14.8 Å². The van der Waals surface area contributed by atoms with Crippen LogP contribution in [-0.2, 0) is 13.3 Å². The maximum absolute atomic E-state index is 12.5. The highest BCUT2D eigenvalue weighted by Gasteiger charge is 2.13. The fraction of sp³-hybridized carbons (Fsp3) is 0.200. The summed E-state index contributed by atoms with van der Waals surface area (Å²) in [5, 5.41) is 7.53. The zero-order chi connectivity index (χ0) is 23.2. The first-order valence-electron chi connectivity index (χ1n) is 10.5. The Bertz CT molecular complexity index is 1210. The van der Waals surface area contributed by atoms with Crippen LogP contribution in [0.5, 0.6) is 11.5 Å². The lowest BCUT2D eigenvalue weighted by atomic mass is 10.0. The fourth-order valence-electron chi connectivity index (χ4n) is 3.07. The van der Waals surface area contributed by atoms with E-state index in [1.807, 2.05) is 24.3 Å². The third-order valence-electron chi connectivity index (χ3n) is 4.86.